The molecule has 3 aromatic rings. The number of benzene rings is 3. The minimum atomic E-state index is -3.79. The summed E-state index contributed by atoms with van der Waals surface area (Å²) in [4.78, 5) is 12.6. The second kappa shape index (κ2) is 9.11. The lowest BCUT2D eigenvalue weighted by Gasteiger charge is -2.13. The first-order valence-corrected chi connectivity index (χ1v) is 10.9. The van der Waals surface area contributed by atoms with Gasteiger partial charge in [0.1, 0.15) is 0 Å². The van der Waals surface area contributed by atoms with Crippen LogP contribution < -0.4 is 10.0 Å². The van der Waals surface area contributed by atoms with E-state index in [1.54, 1.807) is 25.1 Å². The van der Waals surface area contributed by atoms with Crippen LogP contribution in [-0.2, 0) is 16.4 Å². The van der Waals surface area contributed by atoms with Crippen LogP contribution in [0.4, 0.5) is 5.69 Å². The van der Waals surface area contributed by atoms with Crippen molar-refractivity contribution in [1.82, 2.24) is 5.32 Å². The van der Waals surface area contributed by atoms with Crippen LogP contribution in [0.2, 0.25) is 5.02 Å². The third kappa shape index (κ3) is 5.59. The molecule has 0 unspecified atom stereocenters. The van der Waals surface area contributed by atoms with Crippen molar-refractivity contribution in [1.29, 1.82) is 0 Å². The van der Waals surface area contributed by atoms with Crippen molar-refractivity contribution < 1.29 is 13.2 Å². The van der Waals surface area contributed by atoms with Crippen molar-refractivity contribution in [3.05, 3.63) is 94.5 Å². The van der Waals surface area contributed by atoms with E-state index < -0.39 is 10.0 Å². The Morgan fingerprint density at radius 3 is 2.34 bits per heavy atom. The highest BCUT2D eigenvalue weighted by molar-refractivity contribution is 7.92. The van der Waals surface area contributed by atoms with Gasteiger partial charge in [0.25, 0.3) is 15.9 Å². The van der Waals surface area contributed by atoms with Gasteiger partial charge in [-0.3, -0.25) is 9.52 Å². The van der Waals surface area contributed by atoms with Crippen molar-refractivity contribution in [3.8, 4) is 0 Å². The average molecular weight is 429 g/mol. The SMILES string of the molecule is Cc1ccc(C(=O)NCCc2ccccc2)cc1NS(=O)(=O)c1ccc(Cl)cc1. The molecule has 5 nitrogen and oxygen atoms in total. The summed E-state index contributed by atoms with van der Waals surface area (Å²) in [6.45, 7) is 2.26. The fourth-order valence-electron chi connectivity index (χ4n) is 2.76. The number of nitrogens with one attached hydrogen (secondary N) is 2. The molecule has 0 heterocycles. The maximum Gasteiger partial charge on any atom is 0.261 e. The topological polar surface area (TPSA) is 75.3 Å². The summed E-state index contributed by atoms with van der Waals surface area (Å²) < 4.78 is 27.8. The number of amides is 1. The van der Waals surface area contributed by atoms with E-state index in [1.165, 1.54) is 24.3 Å². The Labute approximate surface area is 175 Å². The van der Waals surface area contributed by atoms with Crippen molar-refractivity contribution in [2.45, 2.75) is 18.2 Å². The molecule has 0 fully saturated rings. The third-order valence-corrected chi connectivity index (χ3v) is 6.04. The number of sulfonamides is 1. The molecule has 0 bridgehead atoms. The normalized spacial score (nSPS) is 11.1. The van der Waals surface area contributed by atoms with E-state index in [0.717, 1.165) is 5.56 Å². The number of rotatable bonds is 7. The molecule has 3 rings (SSSR count). The summed E-state index contributed by atoms with van der Waals surface area (Å²) >= 11 is 5.82. The number of carbonyl (C=O) groups excluding carboxylic acids is 1. The number of anilines is 1. The number of hydrogen-bond donors (Lipinski definition) is 2. The van der Waals surface area contributed by atoms with Gasteiger partial charge in [-0.05, 0) is 60.9 Å². The molecule has 7 heteroatoms. The second-order valence-electron chi connectivity index (χ2n) is 6.58. The van der Waals surface area contributed by atoms with E-state index in [-0.39, 0.29) is 10.8 Å². The van der Waals surface area contributed by atoms with Gasteiger partial charge in [-0.2, -0.15) is 0 Å². The Morgan fingerprint density at radius 1 is 0.966 bits per heavy atom. The van der Waals surface area contributed by atoms with Gasteiger partial charge >= 0.3 is 0 Å². The molecule has 0 saturated heterocycles. The molecule has 0 aromatic heterocycles. The van der Waals surface area contributed by atoms with Crippen LogP contribution in [0, 0.1) is 6.92 Å². The minimum absolute atomic E-state index is 0.0963. The maximum absolute atomic E-state index is 12.6. The molecule has 150 valence electrons. The molecule has 0 atom stereocenters. The lowest BCUT2D eigenvalue weighted by Crippen LogP contribution is -2.26. The Bertz CT molecular complexity index is 1100. The van der Waals surface area contributed by atoms with Gasteiger partial charge in [0.05, 0.1) is 10.6 Å². The highest BCUT2D eigenvalue weighted by Gasteiger charge is 2.16. The van der Waals surface area contributed by atoms with Gasteiger partial charge in [-0.25, -0.2) is 8.42 Å². The smallest absolute Gasteiger partial charge is 0.261 e. The summed E-state index contributed by atoms with van der Waals surface area (Å²) in [5.74, 6) is -0.257. The molecule has 0 aliphatic heterocycles. The van der Waals surface area contributed by atoms with Gasteiger partial charge in [-0.15, -0.1) is 0 Å². The van der Waals surface area contributed by atoms with Crippen molar-refractivity contribution in [3.63, 3.8) is 0 Å². The number of halogens is 1. The monoisotopic (exact) mass is 428 g/mol. The van der Waals surface area contributed by atoms with E-state index in [4.69, 9.17) is 11.6 Å². The van der Waals surface area contributed by atoms with Crippen molar-refractivity contribution >= 4 is 33.2 Å². The Morgan fingerprint density at radius 2 is 1.66 bits per heavy atom. The molecular formula is C22H21ClN2O3S. The summed E-state index contributed by atoms with van der Waals surface area (Å²) in [7, 11) is -3.79. The van der Waals surface area contributed by atoms with Crippen LogP contribution in [0.1, 0.15) is 21.5 Å². The average Bonchev–Trinajstić information content (AvgIpc) is 2.70. The molecule has 0 saturated carbocycles. The van der Waals surface area contributed by atoms with Crippen LogP contribution >= 0.6 is 11.6 Å². The first kappa shape index (κ1) is 20.9. The fourth-order valence-corrected chi connectivity index (χ4v) is 4.01. The third-order valence-electron chi connectivity index (χ3n) is 4.41. The molecule has 0 aliphatic carbocycles. The van der Waals surface area contributed by atoms with Crippen molar-refractivity contribution in [2.75, 3.05) is 11.3 Å². The van der Waals surface area contributed by atoms with Crippen LogP contribution in [0.25, 0.3) is 0 Å². The summed E-state index contributed by atoms with van der Waals surface area (Å²) in [6.07, 6.45) is 0.717. The highest BCUT2D eigenvalue weighted by Crippen LogP contribution is 2.22. The molecular weight excluding hydrogens is 408 g/mol. The van der Waals surface area contributed by atoms with Gasteiger partial charge < -0.3 is 5.32 Å². The molecule has 1 amide bonds. The van der Waals surface area contributed by atoms with E-state index in [9.17, 15) is 13.2 Å². The lowest BCUT2D eigenvalue weighted by atomic mass is 10.1. The van der Waals surface area contributed by atoms with Crippen LogP contribution in [0.3, 0.4) is 0 Å². The first-order chi connectivity index (χ1) is 13.8. The first-order valence-electron chi connectivity index (χ1n) is 9.06. The number of carbonyl (C=O) groups is 1. The van der Waals surface area contributed by atoms with E-state index in [2.05, 4.69) is 10.0 Å². The van der Waals surface area contributed by atoms with Gasteiger partial charge in [-0.1, -0.05) is 48.0 Å². The predicted molar refractivity (Wildman–Crippen MR) is 116 cm³/mol. The molecule has 29 heavy (non-hydrogen) atoms. The van der Waals surface area contributed by atoms with E-state index in [0.29, 0.717) is 34.8 Å². The van der Waals surface area contributed by atoms with E-state index in [1.807, 2.05) is 30.3 Å². The molecule has 0 aliphatic rings. The van der Waals surface area contributed by atoms with Gasteiger partial charge in [0.15, 0.2) is 0 Å². The highest BCUT2D eigenvalue weighted by atomic mass is 35.5. The zero-order valence-corrected chi connectivity index (χ0v) is 17.4. The van der Waals surface area contributed by atoms with Crippen molar-refractivity contribution in [2.24, 2.45) is 0 Å². The fraction of sp³-hybridized carbons (Fsp3) is 0.136. The van der Waals surface area contributed by atoms with Gasteiger partial charge in [0, 0.05) is 17.1 Å². The van der Waals surface area contributed by atoms with Crippen LogP contribution in [0.15, 0.2) is 77.7 Å². The summed E-state index contributed by atoms with van der Waals surface area (Å²) in [5, 5.41) is 3.32. The quantitative estimate of drug-likeness (QED) is 0.584. The second-order valence-corrected chi connectivity index (χ2v) is 8.70. The zero-order chi connectivity index (χ0) is 20.9. The van der Waals surface area contributed by atoms with Crippen LogP contribution in [-0.4, -0.2) is 20.9 Å². The van der Waals surface area contributed by atoms with Gasteiger partial charge in [0.2, 0.25) is 0 Å². The summed E-state index contributed by atoms with van der Waals surface area (Å²) in [6, 6.07) is 20.7. The molecule has 2 N–H and O–H groups in total. The van der Waals surface area contributed by atoms with E-state index >= 15 is 0 Å². The lowest BCUT2D eigenvalue weighted by molar-refractivity contribution is 0.0954. The van der Waals surface area contributed by atoms with Crippen LogP contribution in [0.5, 0.6) is 0 Å². The largest absolute Gasteiger partial charge is 0.352 e. The Balaban J connectivity index is 1.70. The molecule has 0 radical (unpaired) electrons. The Hall–Kier alpha value is -2.83. The predicted octanol–water partition coefficient (Wildman–Crippen LogP) is 4.42. The minimum Gasteiger partial charge on any atom is -0.352 e. The summed E-state index contributed by atoms with van der Waals surface area (Å²) in [5.41, 5.74) is 2.59. The molecule has 0 spiro atoms. The maximum atomic E-state index is 12.6. The zero-order valence-electron chi connectivity index (χ0n) is 15.9. The molecule has 3 aromatic carbocycles. The number of aryl methyl sites for hydroxylation is 1. The standard InChI is InChI=1S/C22H21ClN2O3S/c1-16-7-8-18(22(26)24-14-13-17-5-3-2-4-6-17)15-21(16)25-29(27,28)20-11-9-19(23)10-12-20/h2-12,15,25H,13-14H2,1H3,(H,24,26). The number of hydrogen-bond acceptors (Lipinski definition) is 3. The Kier molecular flexibility index (Phi) is 6.56.